The molecule has 0 bridgehead atoms. The van der Waals surface area contributed by atoms with Crippen molar-refractivity contribution in [2.45, 2.75) is 23.6 Å². The van der Waals surface area contributed by atoms with Crippen molar-refractivity contribution in [3.05, 3.63) is 54.2 Å². The van der Waals surface area contributed by atoms with E-state index in [1.807, 2.05) is 32.0 Å². The van der Waals surface area contributed by atoms with Gasteiger partial charge in [0.25, 0.3) is 0 Å². The van der Waals surface area contributed by atoms with Gasteiger partial charge in [-0.1, -0.05) is 6.07 Å². The first-order valence-electron chi connectivity index (χ1n) is 9.82. The molecular formula is C21H22N6O3S2. The van der Waals surface area contributed by atoms with Crippen molar-refractivity contribution in [1.29, 1.82) is 0 Å². The van der Waals surface area contributed by atoms with E-state index in [1.54, 1.807) is 23.2 Å². The van der Waals surface area contributed by atoms with E-state index in [0.717, 1.165) is 21.8 Å². The Hall–Kier alpha value is -3.15. The van der Waals surface area contributed by atoms with Gasteiger partial charge in [0.1, 0.15) is 5.82 Å². The van der Waals surface area contributed by atoms with Crippen LogP contribution < -0.4 is 20.7 Å². The summed E-state index contributed by atoms with van der Waals surface area (Å²) in [4.78, 5) is 23.9. The molecule has 9 nitrogen and oxygen atoms in total. The standard InChI is InChI=1S/C21H22N6O3S2/c1-3-27-17-10-15(7-8-18(17)31-12-19(27)28)24-20-13(2)11-23-21(26-20)25-14-5-4-6-16(9-14)32(22,29)30/h4-11H,3,12H2,1-2H3,(H2,22,29,30)(H2,23,24,25,26). The molecule has 0 radical (unpaired) electrons. The number of primary sulfonamides is 1. The molecule has 1 aliphatic heterocycles. The Morgan fingerprint density at radius 3 is 2.69 bits per heavy atom. The number of amides is 1. The lowest BCUT2D eigenvalue weighted by atomic mass is 10.2. The molecule has 32 heavy (non-hydrogen) atoms. The number of thioether (sulfide) groups is 1. The molecule has 1 aromatic heterocycles. The van der Waals surface area contributed by atoms with Gasteiger partial charge in [0, 0.05) is 34.6 Å². The molecule has 0 saturated carbocycles. The van der Waals surface area contributed by atoms with Gasteiger partial charge in [-0.25, -0.2) is 18.5 Å². The van der Waals surface area contributed by atoms with E-state index in [-0.39, 0.29) is 10.8 Å². The normalized spacial score (nSPS) is 13.6. The third kappa shape index (κ3) is 4.69. The number of rotatable bonds is 6. The molecule has 2 aromatic carbocycles. The highest BCUT2D eigenvalue weighted by Gasteiger charge is 2.23. The number of benzene rings is 2. The zero-order valence-corrected chi connectivity index (χ0v) is 19.1. The highest BCUT2D eigenvalue weighted by molar-refractivity contribution is 8.00. The highest BCUT2D eigenvalue weighted by atomic mass is 32.2. The first-order chi connectivity index (χ1) is 15.2. The fourth-order valence-electron chi connectivity index (χ4n) is 3.27. The van der Waals surface area contributed by atoms with Gasteiger partial charge in [0.15, 0.2) is 0 Å². The minimum atomic E-state index is -3.81. The van der Waals surface area contributed by atoms with Gasteiger partial charge in [0.2, 0.25) is 21.9 Å². The summed E-state index contributed by atoms with van der Waals surface area (Å²) in [6.07, 6.45) is 1.66. The lowest BCUT2D eigenvalue weighted by Crippen LogP contribution is -2.35. The van der Waals surface area contributed by atoms with Crippen LogP contribution in [-0.4, -0.2) is 36.6 Å². The van der Waals surface area contributed by atoms with Crippen LogP contribution in [0.5, 0.6) is 0 Å². The van der Waals surface area contributed by atoms with Gasteiger partial charge in [-0.05, 0) is 50.2 Å². The van der Waals surface area contributed by atoms with E-state index >= 15 is 0 Å². The van der Waals surface area contributed by atoms with Gasteiger partial charge in [0.05, 0.1) is 16.3 Å². The summed E-state index contributed by atoms with van der Waals surface area (Å²) in [6, 6.07) is 12.0. The summed E-state index contributed by atoms with van der Waals surface area (Å²) in [5, 5.41) is 11.5. The zero-order valence-electron chi connectivity index (χ0n) is 17.5. The van der Waals surface area contributed by atoms with Crippen molar-refractivity contribution in [3.8, 4) is 0 Å². The molecule has 0 fully saturated rings. The van der Waals surface area contributed by atoms with Gasteiger partial charge in [-0.2, -0.15) is 4.98 Å². The largest absolute Gasteiger partial charge is 0.340 e. The van der Waals surface area contributed by atoms with Crippen LogP contribution in [0, 0.1) is 6.92 Å². The average molecular weight is 471 g/mol. The lowest BCUT2D eigenvalue weighted by molar-refractivity contribution is -0.116. The van der Waals surface area contributed by atoms with Crippen molar-refractivity contribution < 1.29 is 13.2 Å². The van der Waals surface area contributed by atoms with Crippen LogP contribution in [0.4, 0.5) is 28.8 Å². The Morgan fingerprint density at radius 2 is 1.94 bits per heavy atom. The second-order valence-corrected chi connectivity index (χ2v) is 9.74. The number of nitrogens with two attached hydrogens (primary N) is 1. The maximum Gasteiger partial charge on any atom is 0.238 e. The Labute approximate surface area is 190 Å². The highest BCUT2D eigenvalue weighted by Crippen LogP contribution is 2.37. The van der Waals surface area contributed by atoms with E-state index in [0.29, 0.717) is 29.8 Å². The summed E-state index contributed by atoms with van der Waals surface area (Å²) in [7, 11) is -3.81. The van der Waals surface area contributed by atoms with Crippen LogP contribution in [0.3, 0.4) is 0 Å². The third-order valence-electron chi connectivity index (χ3n) is 4.87. The number of nitrogens with zero attached hydrogens (tertiary/aromatic N) is 3. The van der Waals surface area contributed by atoms with Crippen molar-refractivity contribution >= 4 is 56.5 Å². The van der Waals surface area contributed by atoms with Crippen molar-refractivity contribution in [1.82, 2.24) is 9.97 Å². The molecule has 2 heterocycles. The second kappa shape index (κ2) is 8.77. The molecule has 11 heteroatoms. The molecule has 0 spiro atoms. The van der Waals surface area contributed by atoms with Gasteiger partial charge in [-0.3, -0.25) is 4.79 Å². The number of aryl methyl sites for hydroxylation is 1. The topological polar surface area (TPSA) is 130 Å². The molecule has 166 valence electrons. The van der Waals surface area contributed by atoms with Gasteiger partial charge < -0.3 is 15.5 Å². The fraction of sp³-hybridized carbons (Fsp3) is 0.190. The number of hydrogen-bond donors (Lipinski definition) is 3. The molecule has 0 atom stereocenters. The molecule has 0 aliphatic carbocycles. The van der Waals surface area contributed by atoms with E-state index < -0.39 is 10.0 Å². The Bertz CT molecular complexity index is 1300. The lowest BCUT2D eigenvalue weighted by Gasteiger charge is -2.28. The molecule has 4 N–H and O–H groups in total. The number of sulfonamides is 1. The van der Waals surface area contributed by atoms with Crippen LogP contribution in [0.2, 0.25) is 0 Å². The predicted molar refractivity (Wildman–Crippen MR) is 126 cm³/mol. The van der Waals surface area contributed by atoms with Crippen LogP contribution in [0.15, 0.2) is 58.5 Å². The summed E-state index contributed by atoms with van der Waals surface area (Å²) in [5.74, 6) is 1.42. The maximum absolute atomic E-state index is 12.2. The zero-order chi connectivity index (χ0) is 22.9. The molecule has 4 rings (SSSR count). The summed E-state index contributed by atoms with van der Waals surface area (Å²) < 4.78 is 23.2. The van der Waals surface area contributed by atoms with Crippen molar-refractivity contribution in [3.63, 3.8) is 0 Å². The quantitative estimate of drug-likeness (QED) is 0.500. The minimum absolute atomic E-state index is 0.00471. The number of anilines is 5. The number of fused-ring (bicyclic) bond motifs is 1. The van der Waals surface area contributed by atoms with Crippen molar-refractivity contribution in [2.24, 2.45) is 5.14 Å². The fourth-order valence-corrected chi connectivity index (χ4v) is 4.75. The van der Waals surface area contributed by atoms with E-state index in [4.69, 9.17) is 5.14 Å². The molecule has 0 unspecified atom stereocenters. The SMILES string of the molecule is CCN1C(=O)CSc2ccc(Nc3nc(Nc4cccc(S(N)(=O)=O)c4)ncc3C)cc21. The van der Waals surface area contributed by atoms with Crippen LogP contribution in [0.25, 0.3) is 0 Å². The molecule has 0 saturated heterocycles. The average Bonchev–Trinajstić information content (AvgIpc) is 2.75. The first kappa shape index (κ1) is 22.1. The maximum atomic E-state index is 12.2. The molecular weight excluding hydrogens is 448 g/mol. The number of hydrogen-bond acceptors (Lipinski definition) is 8. The Balaban J connectivity index is 1.59. The number of nitrogens with one attached hydrogen (secondary N) is 2. The van der Waals surface area contributed by atoms with Gasteiger partial charge >= 0.3 is 0 Å². The summed E-state index contributed by atoms with van der Waals surface area (Å²) in [5.41, 5.74) is 2.99. The van der Waals surface area contributed by atoms with Crippen LogP contribution >= 0.6 is 11.8 Å². The third-order valence-corrected chi connectivity index (χ3v) is 6.83. The number of carbonyl (C=O) groups excluding carboxylic acids is 1. The van der Waals surface area contributed by atoms with E-state index in [9.17, 15) is 13.2 Å². The molecule has 1 aliphatic rings. The monoisotopic (exact) mass is 470 g/mol. The molecule has 1 amide bonds. The Kier molecular flexibility index (Phi) is 6.04. The number of carbonyl (C=O) groups is 1. The summed E-state index contributed by atoms with van der Waals surface area (Å²) in [6.45, 7) is 4.44. The first-order valence-corrected chi connectivity index (χ1v) is 12.4. The van der Waals surface area contributed by atoms with Gasteiger partial charge in [-0.15, -0.1) is 11.8 Å². The minimum Gasteiger partial charge on any atom is -0.340 e. The second-order valence-electron chi connectivity index (χ2n) is 7.16. The molecule has 3 aromatic rings. The van der Waals surface area contributed by atoms with Crippen molar-refractivity contribution in [2.75, 3.05) is 27.8 Å². The number of aromatic nitrogens is 2. The summed E-state index contributed by atoms with van der Waals surface area (Å²) >= 11 is 1.53. The predicted octanol–water partition coefficient (Wildman–Crippen LogP) is 3.38. The van der Waals surface area contributed by atoms with Crippen LogP contribution in [0.1, 0.15) is 12.5 Å². The van der Waals surface area contributed by atoms with E-state index in [1.165, 1.54) is 23.9 Å². The van der Waals surface area contributed by atoms with Crippen LogP contribution in [-0.2, 0) is 14.8 Å². The Morgan fingerprint density at radius 1 is 1.16 bits per heavy atom. The smallest absolute Gasteiger partial charge is 0.238 e. The van der Waals surface area contributed by atoms with E-state index in [2.05, 4.69) is 20.6 Å².